The molecule has 1 fully saturated rings. The molecular formula is C21H29N3O. The van der Waals surface area contributed by atoms with Gasteiger partial charge < -0.3 is 10.2 Å². The van der Waals surface area contributed by atoms with Gasteiger partial charge in [-0.3, -0.25) is 4.90 Å². The second-order valence-corrected chi connectivity index (χ2v) is 6.52. The first-order valence-corrected chi connectivity index (χ1v) is 9.20. The summed E-state index contributed by atoms with van der Waals surface area (Å²) in [5, 5.41) is 3.11. The summed E-state index contributed by atoms with van der Waals surface area (Å²) in [6.07, 6.45) is 2.45. The number of unbranched alkanes of at least 4 members (excludes halogenated alkanes) is 1. The van der Waals surface area contributed by atoms with Crippen molar-refractivity contribution < 1.29 is 6.22 Å². The Morgan fingerprint density at radius 1 is 1.00 bits per heavy atom. The van der Waals surface area contributed by atoms with Crippen molar-refractivity contribution in [2.24, 2.45) is 0 Å². The first kappa shape index (κ1) is 17.5. The summed E-state index contributed by atoms with van der Waals surface area (Å²) >= 11 is 0. The van der Waals surface area contributed by atoms with Crippen LogP contribution in [0.2, 0.25) is 0 Å². The molecule has 1 saturated heterocycles. The number of piperazine rings is 1. The lowest BCUT2D eigenvalue weighted by atomic mass is 10.0. The molecule has 25 heavy (non-hydrogen) atoms. The van der Waals surface area contributed by atoms with Crippen molar-refractivity contribution in [3.63, 3.8) is 0 Å². The number of anilines is 1. The minimum absolute atomic E-state index is 0. The van der Waals surface area contributed by atoms with E-state index in [0.29, 0.717) is 0 Å². The van der Waals surface area contributed by atoms with Gasteiger partial charge in [-0.1, -0.05) is 61.9 Å². The maximum Gasteiger partial charge on any atom is 0.321 e. The normalized spacial score (nSPS) is 15.2. The van der Waals surface area contributed by atoms with E-state index in [9.17, 15) is 4.79 Å². The van der Waals surface area contributed by atoms with Gasteiger partial charge in [0.15, 0.2) is 0 Å². The molecule has 2 amide bonds. The third kappa shape index (κ3) is 4.60. The van der Waals surface area contributed by atoms with Crippen molar-refractivity contribution in [3.05, 3.63) is 54.6 Å². The van der Waals surface area contributed by atoms with Gasteiger partial charge in [0.05, 0.1) is 5.69 Å². The van der Waals surface area contributed by atoms with Gasteiger partial charge in [0.25, 0.3) is 0 Å². The predicted octanol–water partition coefficient (Wildman–Crippen LogP) is 4.55. The zero-order valence-corrected chi connectivity index (χ0v) is 14.9. The molecule has 134 valence electrons. The highest BCUT2D eigenvalue weighted by Crippen LogP contribution is 2.27. The highest BCUT2D eigenvalue weighted by Gasteiger charge is 2.21. The van der Waals surface area contributed by atoms with Crippen molar-refractivity contribution in [3.8, 4) is 11.1 Å². The van der Waals surface area contributed by atoms with E-state index in [2.05, 4.69) is 29.3 Å². The van der Waals surface area contributed by atoms with Crippen molar-refractivity contribution in [1.29, 1.82) is 0 Å². The Morgan fingerprint density at radius 3 is 2.40 bits per heavy atom. The Kier molecular flexibility index (Phi) is 6.07. The van der Waals surface area contributed by atoms with Crippen molar-refractivity contribution >= 4 is 11.7 Å². The molecule has 0 aliphatic carbocycles. The SMILES string of the molecule is CCCCN1CCN(C(=O)Nc2ccccc2-c2ccccc2)CC1.[HH]. The van der Waals surface area contributed by atoms with Crippen molar-refractivity contribution in [2.45, 2.75) is 19.8 Å². The smallest absolute Gasteiger partial charge is 0.321 e. The van der Waals surface area contributed by atoms with E-state index in [1.807, 2.05) is 47.4 Å². The Morgan fingerprint density at radius 2 is 1.68 bits per heavy atom. The number of para-hydroxylation sites is 1. The Balaban J connectivity index is 0.00000243. The summed E-state index contributed by atoms with van der Waals surface area (Å²) in [5.41, 5.74) is 3.04. The fourth-order valence-corrected chi connectivity index (χ4v) is 3.21. The topological polar surface area (TPSA) is 35.6 Å². The molecule has 0 spiro atoms. The number of amides is 2. The predicted molar refractivity (Wildman–Crippen MR) is 106 cm³/mol. The molecule has 2 aromatic rings. The van der Waals surface area contributed by atoms with Gasteiger partial charge in [0.2, 0.25) is 0 Å². The monoisotopic (exact) mass is 339 g/mol. The summed E-state index contributed by atoms with van der Waals surface area (Å²) in [5.74, 6) is 0. The van der Waals surface area contributed by atoms with Crippen LogP contribution in [-0.2, 0) is 0 Å². The molecule has 1 aliphatic heterocycles. The van der Waals surface area contributed by atoms with E-state index in [1.54, 1.807) is 0 Å². The van der Waals surface area contributed by atoms with Crippen molar-refractivity contribution in [1.82, 2.24) is 9.80 Å². The molecule has 3 rings (SSSR count). The zero-order chi connectivity index (χ0) is 17.5. The maximum atomic E-state index is 12.7. The van der Waals surface area contributed by atoms with Crippen LogP contribution in [0, 0.1) is 0 Å². The molecule has 1 heterocycles. The summed E-state index contributed by atoms with van der Waals surface area (Å²) < 4.78 is 0. The van der Waals surface area contributed by atoms with Gasteiger partial charge >= 0.3 is 6.03 Å². The third-order valence-electron chi connectivity index (χ3n) is 4.74. The minimum atomic E-state index is -0.00137. The molecule has 0 radical (unpaired) electrons. The maximum absolute atomic E-state index is 12.7. The summed E-state index contributed by atoms with van der Waals surface area (Å²) in [7, 11) is 0. The van der Waals surface area contributed by atoms with Crippen molar-refractivity contribution in [2.75, 3.05) is 38.0 Å². The minimum Gasteiger partial charge on any atom is -0.322 e. The molecule has 0 saturated carbocycles. The van der Waals surface area contributed by atoms with Crippen LogP contribution in [-0.4, -0.2) is 48.6 Å². The largest absolute Gasteiger partial charge is 0.322 e. The Hall–Kier alpha value is -2.33. The zero-order valence-electron chi connectivity index (χ0n) is 14.9. The summed E-state index contributed by atoms with van der Waals surface area (Å²) in [4.78, 5) is 17.0. The Labute approximate surface area is 151 Å². The molecular weight excluding hydrogens is 310 g/mol. The molecule has 1 aliphatic rings. The summed E-state index contributed by atoms with van der Waals surface area (Å²) in [6, 6.07) is 18.2. The van der Waals surface area contributed by atoms with Crippen LogP contribution in [0.5, 0.6) is 0 Å². The van der Waals surface area contributed by atoms with Crippen LogP contribution in [0.3, 0.4) is 0 Å². The number of carbonyl (C=O) groups excluding carboxylic acids is 1. The van der Waals surface area contributed by atoms with E-state index in [4.69, 9.17) is 0 Å². The molecule has 0 bridgehead atoms. The van der Waals surface area contributed by atoms with Gasteiger partial charge in [-0.15, -0.1) is 0 Å². The first-order valence-electron chi connectivity index (χ1n) is 9.20. The third-order valence-corrected chi connectivity index (χ3v) is 4.74. The Bertz CT molecular complexity index is 685. The van der Waals surface area contributed by atoms with E-state index >= 15 is 0 Å². The second-order valence-electron chi connectivity index (χ2n) is 6.52. The number of hydrogen-bond acceptors (Lipinski definition) is 2. The molecule has 4 heteroatoms. The number of rotatable bonds is 5. The molecule has 0 aromatic heterocycles. The fraction of sp³-hybridized carbons (Fsp3) is 0.381. The number of urea groups is 1. The number of nitrogens with one attached hydrogen (secondary N) is 1. The molecule has 2 aromatic carbocycles. The number of benzene rings is 2. The highest BCUT2D eigenvalue weighted by atomic mass is 16.2. The van der Waals surface area contributed by atoms with Crippen LogP contribution in [0.25, 0.3) is 11.1 Å². The quantitative estimate of drug-likeness (QED) is 0.867. The van der Waals surface area contributed by atoms with E-state index in [1.165, 1.54) is 12.8 Å². The second kappa shape index (κ2) is 8.67. The number of hydrogen-bond donors (Lipinski definition) is 1. The van der Waals surface area contributed by atoms with E-state index in [-0.39, 0.29) is 7.46 Å². The average Bonchev–Trinajstić information content (AvgIpc) is 2.68. The van der Waals surface area contributed by atoms with Gasteiger partial charge in [-0.25, -0.2) is 4.79 Å². The lowest BCUT2D eigenvalue weighted by molar-refractivity contribution is 0.146. The van der Waals surface area contributed by atoms with E-state index < -0.39 is 0 Å². The van der Waals surface area contributed by atoms with Gasteiger partial charge in [0, 0.05) is 33.2 Å². The lowest BCUT2D eigenvalue weighted by Crippen LogP contribution is -2.50. The van der Waals surface area contributed by atoms with Crippen LogP contribution < -0.4 is 5.32 Å². The van der Waals surface area contributed by atoms with Crippen LogP contribution in [0.4, 0.5) is 10.5 Å². The lowest BCUT2D eigenvalue weighted by Gasteiger charge is -2.34. The number of nitrogens with zero attached hydrogens (tertiary/aromatic N) is 2. The molecule has 0 unspecified atom stereocenters. The average molecular weight is 339 g/mol. The molecule has 1 N–H and O–H groups in total. The highest BCUT2D eigenvalue weighted by molar-refractivity contribution is 5.94. The standard InChI is InChI=1S/C21H27N3O.H2/c1-2-3-13-23-14-16-24(17-15-23)21(25)22-20-12-8-7-11-19(20)18-9-5-4-6-10-18;/h4-12H,2-3,13-17H2,1H3,(H,22,25);1H. The first-order chi connectivity index (χ1) is 12.3. The van der Waals surface area contributed by atoms with Gasteiger partial charge in [-0.2, -0.15) is 0 Å². The van der Waals surface area contributed by atoms with Gasteiger partial charge in [0.1, 0.15) is 0 Å². The van der Waals surface area contributed by atoms with Crippen LogP contribution in [0.15, 0.2) is 54.6 Å². The summed E-state index contributed by atoms with van der Waals surface area (Å²) in [6.45, 7) is 6.88. The van der Waals surface area contributed by atoms with Gasteiger partial charge in [-0.05, 0) is 24.6 Å². The fourth-order valence-electron chi connectivity index (χ4n) is 3.21. The molecule has 4 nitrogen and oxygen atoms in total. The number of carbonyl (C=O) groups is 1. The molecule has 0 atom stereocenters. The van der Waals surface area contributed by atoms with Crippen LogP contribution >= 0.6 is 0 Å². The van der Waals surface area contributed by atoms with Crippen LogP contribution in [0.1, 0.15) is 21.2 Å². The van der Waals surface area contributed by atoms with E-state index in [0.717, 1.165) is 49.5 Å².